The molecular formula is C17H21N7O3. The van der Waals surface area contributed by atoms with Gasteiger partial charge in [-0.25, -0.2) is 4.68 Å². The molecule has 10 heteroatoms. The van der Waals surface area contributed by atoms with Gasteiger partial charge < -0.3 is 14.0 Å². The molecule has 0 amide bonds. The molecule has 1 atom stereocenters. The van der Waals surface area contributed by atoms with Crippen molar-refractivity contribution >= 4 is 0 Å². The highest BCUT2D eigenvalue weighted by Crippen LogP contribution is 2.22. The third kappa shape index (κ3) is 4.18. The minimum atomic E-state index is -0.206. The first-order valence-corrected chi connectivity index (χ1v) is 8.80. The van der Waals surface area contributed by atoms with Crippen molar-refractivity contribution in [1.82, 2.24) is 35.2 Å². The number of tetrazole rings is 1. The molecule has 0 bridgehead atoms. The molecule has 1 saturated heterocycles. The molecule has 2 aromatic heterocycles. The van der Waals surface area contributed by atoms with Crippen molar-refractivity contribution in [1.29, 1.82) is 0 Å². The van der Waals surface area contributed by atoms with Crippen LogP contribution in [0.2, 0.25) is 0 Å². The predicted octanol–water partition coefficient (Wildman–Crippen LogP) is 0.943. The fraction of sp³-hybridized carbons (Fsp3) is 0.471. The van der Waals surface area contributed by atoms with E-state index in [0.717, 1.165) is 12.1 Å². The lowest BCUT2D eigenvalue weighted by atomic mass is 10.2. The Morgan fingerprint density at radius 3 is 3.00 bits per heavy atom. The summed E-state index contributed by atoms with van der Waals surface area (Å²) in [6.07, 6.45) is -0.206. The first-order valence-electron chi connectivity index (χ1n) is 8.80. The van der Waals surface area contributed by atoms with Gasteiger partial charge in [0, 0.05) is 25.8 Å². The van der Waals surface area contributed by atoms with Crippen LogP contribution >= 0.6 is 0 Å². The third-order valence-electron chi connectivity index (χ3n) is 4.36. The van der Waals surface area contributed by atoms with Crippen LogP contribution in [0, 0.1) is 0 Å². The zero-order valence-corrected chi connectivity index (χ0v) is 15.1. The maximum absolute atomic E-state index is 5.87. The van der Waals surface area contributed by atoms with Crippen LogP contribution in [0.3, 0.4) is 0 Å². The van der Waals surface area contributed by atoms with E-state index in [0.29, 0.717) is 50.4 Å². The number of hydrogen-bond donors (Lipinski definition) is 0. The van der Waals surface area contributed by atoms with Crippen LogP contribution in [0.1, 0.15) is 17.8 Å². The number of benzene rings is 1. The largest absolute Gasteiger partial charge is 0.383 e. The van der Waals surface area contributed by atoms with Crippen LogP contribution in [0.15, 0.2) is 34.9 Å². The lowest BCUT2D eigenvalue weighted by Crippen LogP contribution is -2.39. The van der Waals surface area contributed by atoms with E-state index in [1.165, 1.54) is 0 Å². The van der Waals surface area contributed by atoms with Gasteiger partial charge in [-0.15, -0.1) is 5.10 Å². The zero-order valence-electron chi connectivity index (χ0n) is 15.1. The van der Waals surface area contributed by atoms with Gasteiger partial charge in [0.15, 0.2) is 5.82 Å². The Balaban J connectivity index is 1.41. The quantitative estimate of drug-likeness (QED) is 0.600. The summed E-state index contributed by atoms with van der Waals surface area (Å²) in [6, 6.07) is 9.77. The first kappa shape index (κ1) is 17.7. The summed E-state index contributed by atoms with van der Waals surface area (Å²) in [7, 11) is 1.65. The van der Waals surface area contributed by atoms with E-state index >= 15 is 0 Å². The summed E-state index contributed by atoms with van der Waals surface area (Å²) in [6.45, 7) is 3.69. The van der Waals surface area contributed by atoms with Crippen molar-refractivity contribution < 1.29 is 14.0 Å². The van der Waals surface area contributed by atoms with Crippen molar-refractivity contribution in [3.05, 3.63) is 42.0 Å². The van der Waals surface area contributed by atoms with Crippen molar-refractivity contribution in [3.63, 3.8) is 0 Å². The Labute approximate surface area is 156 Å². The second-order valence-electron chi connectivity index (χ2n) is 6.23. The van der Waals surface area contributed by atoms with Gasteiger partial charge in [0.05, 0.1) is 26.3 Å². The fourth-order valence-electron chi connectivity index (χ4n) is 3.00. The Hall–Kier alpha value is -2.69. The molecule has 3 aromatic rings. The molecule has 0 spiro atoms. The molecule has 0 radical (unpaired) electrons. The average molecular weight is 371 g/mol. The van der Waals surface area contributed by atoms with E-state index in [9.17, 15) is 0 Å². The molecule has 0 unspecified atom stereocenters. The Morgan fingerprint density at radius 2 is 2.15 bits per heavy atom. The molecule has 1 aliphatic heterocycles. The van der Waals surface area contributed by atoms with Crippen molar-refractivity contribution in [2.24, 2.45) is 0 Å². The Bertz CT molecular complexity index is 851. The fourth-order valence-corrected chi connectivity index (χ4v) is 3.00. The second kappa shape index (κ2) is 8.33. The van der Waals surface area contributed by atoms with Gasteiger partial charge in [0.1, 0.15) is 6.10 Å². The van der Waals surface area contributed by atoms with E-state index in [-0.39, 0.29) is 6.10 Å². The molecule has 3 heterocycles. The van der Waals surface area contributed by atoms with Crippen LogP contribution in [-0.2, 0) is 22.6 Å². The highest BCUT2D eigenvalue weighted by molar-refractivity contribution is 5.53. The number of rotatable bonds is 7. The van der Waals surface area contributed by atoms with Crippen molar-refractivity contribution in [3.8, 4) is 11.4 Å². The minimum Gasteiger partial charge on any atom is -0.383 e. The molecule has 0 aliphatic carbocycles. The summed E-state index contributed by atoms with van der Waals surface area (Å²) < 4.78 is 18.1. The topological polar surface area (TPSA) is 104 Å². The Morgan fingerprint density at radius 1 is 1.26 bits per heavy atom. The summed E-state index contributed by atoms with van der Waals surface area (Å²) in [4.78, 5) is 6.70. The monoisotopic (exact) mass is 371 g/mol. The minimum absolute atomic E-state index is 0.206. The summed E-state index contributed by atoms with van der Waals surface area (Å²) in [5.74, 6) is 1.87. The number of nitrogens with zero attached hydrogens (tertiary/aromatic N) is 7. The van der Waals surface area contributed by atoms with Gasteiger partial charge in [0.2, 0.25) is 11.7 Å². The van der Waals surface area contributed by atoms with Gasteiger partial charge in [-0.05, 0) is 10.4 Å². The van der Waals surface area contributed by atoms with E-state index in [4.69, 9.17) is 14.0 Å². The standard InChI is InChI=1S/C17H21N7O3/c1-25-9-8-24-17(19-21-22-24)14-11-23(7-10-26-14)12-15-18-16(20-27-15)13-5-3-2-4-6-13/h2-6,14H,7-12H2,1H3/t14-/m0/s1. The highest BCUT2D eigenvalue weighted by Gasteiger charge is 2.27. The molecule has 10 nitrogen and oxygen atoms in total. The molecule has 0 N–H and O–H groups in total. The smallest absolute Gasteiger partial charge is 0.241 e. The molecule has 0 saturated carbocycles. The first-order chi connectivity index (χ1) is 13.3. The molecule has 4 rings (SSSR count). The molecule has 27 heavy (non-hydrogen) atoms. The van der Waals surface area contributed by atoms with Gasteiger partial charge in [-0.1, -0.05) is 35.5 Å². The molecular weight excluding hydrogens is 350 g/mol. The van der Waals surface area contributed by atoms with E-state index < -0.39 is 0 Å². The third-order valence-corrected chi connectivity index (χ3v) is 4.36. The van der Waals surface area contributed by atoms with Crippen LogP contribution in [0.5, 0.6) is 0 Å². The molecule has 1 fully saturated rings. The summed E-state index contributed by atoms with van der Waals surface area (Å²) >= 11 is 0. The van der Waals surface area contributed by atoms with Gasteiger partial charge in [-0.3, -0.25) is 4.90 Å². The zero-order chi connectivity index (χ0) is 18.5. The number of hydrogen-bond acceptors (Lipinski definition) is 9. The van der Waals surface area contributed by atoms with Crippen LogP contribution < -0.4 is 0 Å². The molecule has 142 valence electrons. The van der Waals surface area contributed by atoms with E-state index in [1.54, 1.807) is 11.8 Å². The van der Waals surface area contributed by atoms with E-state index in [1.807, 2.05) is 30.3 Å². The lowest BCUT2D eigenvalue weighted by molar-refractivity contribution is -0.0421. The highest BCUT2D eigenvalue weighted by atomic mass is 16.5. The normalized spacial score (nSPS) is 18.0. The van der Waals surface area contributed by atoms with Crippen molar-refractivity contribution in [2.45, 2.75) is 19.2 Å². The number of methoxy groups -OCH3 is 1. The SMILES string of the molecule is COCCn1nnnc1[C@@H]1CN(Cc2nc(-c3ccccc3)no2)CCO1. The van der Waals surface area contributed by atoms with Gasteiger partial charge in [-0.2, -0.15) is 4.98 Å². The van der Waals surface area contributed by atoms with E-state index in [2.05, 4.69) is 30.6 Å². The summed E-state index contributed by atoms with van der Waals surface area (Å²) in [5, 5.41) is 16.0. The number of morpholine rings is 1. The maximum Gasteiger partial charge on any atom is 0.241 e. The number of aromatic nitrogens is 6. The van der Waals surface area contributed by atoms with Gasteiger partial charge >= 0.3 is 0 Å². The van der Waals surface area contributed by atoms with Gasteiger partial charge in [0.25, 0.3) is 0 Å². The van der Waals surface area contributed by atoms with Crippen LogP contribution in [0.4, 0.5) is 0 Å². The second-order valence-corrected chi connectivity index (χ2v) is 6.23. The lowest BCUT2D eigenvalue weighted by Gasteiger charge is -2.31. The predicted molar refractivity (Wildman–Crippen MR) is 93.4 cm³/mol. The van der Waals surface area contributed by atoms with Crippen LogP contribution in [-0.4, -0.2) is 68.7 Å². The van der Waals surface area contributed by atoms with Crippen molar-refractivity contribution in [2.75, 3.05) is 33.4 Å². The number of ether oxygens (including phenoxy) is 2. The molecule has 1 aromatic carbocycles. The summed E-state index contributed by atoms with van der Waals surface area (Å²) in [5.41, 5.74) is 0.935. The average Bonchev–Trinajstić information content (AvgIpc) is 3.37. The maximum atomic E-state index is 5.87. The van der Waals surface area contributed by atoms with Crippen LogP contribution in [0.25, 0.3) is 11.4 Å². The molecule has 1 aliphatic rings. The Kier molecular flexibility index (Phi) is 5.47.